The van der Waals surface area contributed by atoms with E-state index in [0.29, 0.717) is 0 Å². The minimum atomic E-state index is -1.92. The molecule has 7 nitrogen and oxygen atoms in total. The van der Waals surface area contributed by atoms with Gasteiger partial charge in [0.2, 0.25) is 0 Å². The van der Waals surface area contributed by atoms with Crippen molar-refractivity contribution in [2.45, 2.75) is 0 Å². The number of hydrogen-bond donors (Lipinski definition) is 2. The van der Waals surface area contributed by atoms with Gasteiger partial charge in [-0.1, -0.05) is 0 Å². The number of ether oxygens (including phenoxy) is 2. The predicted molar refractivity (Wildman–Crippen MR) is 28.1 cm³/mol. The molecule has 0 rings (SSSR count). The van der Waals surface area contributed by atoms with Crippen molar-refractivity contribution < 1.29 is 202 Å². The van der Waals surface area contributed by atoms with Gasteiger partial charge in [0.1, 0.15) is 0 Å². The quantitative estimate of drug-likeness (QED) is 0.257. The molecule has 64 valence electrons. The average Bonchev–Trinajstić information content (AvgIpc) is 1.58. The number of carboxylic acid groups (broad SMARTS) is 2. The van der Waals surface area contributed by atoms with E-state index in [1.807, 2.05) is 0 Å². The summed E-state index contributed by atoms with van der Waals surface area (Å²) in [5.41, 5.74) is 0. The first-order chi connectivity index (χ1) is 4.52. The van der Waals surface area contributed by atoms with Crippen LogP contribution < -0.4 is 162 Å². The number of hydrogen-bond acceptors (Lipinski definition) is 5. The maximum Gasteiger partial charge on any atom is 1.00 e. The van der Waals surface area contributed by atoms with Gasteiger partial charge in [0.25, 0.3) is 0 Å². The molecule has 0 heterocycles. The van der Waals surface area contributed by atoms with Gasteiger partial charge in [0, 0.05) is 0 Å². The van der Waals surface area contributed by atoms with Crippen LogP contribution in [-0.4, -0.2) is 28.7 Å². The molecule has 0 atom stereocenters. The number of rotatable bonds is 0. The first kappa shape index (κ1) is 30.5. The summed E-state index contributed by atoms with van der Waals surface area (Å²) in [4.78, 5) is 28.8. The van der Waals surface area contributed by atoms with Crippen LogP contribution in [0, 0.1) is 0 Å². The van der Waals surface area contributed by atoms with Crippen LogP contribution >= 0.6 is 0 Å². The molecule has 0 unspecified atom stereocenters. The van der Waals surface area contributed by atoms with E-state index in [-0.39, 0.29) is 168 Å². The monoisotopic (exact) mass is 278 g/mol. The maximum absolute atomic E-state index is 9.86. The third kappa shape index (κ3) is 24.6. The first-order valence-electron chi connectivity index (χ1n) is 1.88. The van der Waals surface area contributed by atoms with Gasteiger partial charge in [-0.3, -0.25) is 0 Å². The Hall–Kier alpha value is 3.48. The van der Waals surface area contributed by atoms with Crippen molar-refractivity contribution in [2.24, 2.45) is 0 Å². The van der Waals surface area contributed by atoms with Crippen LogP contribution in [0.4, 0.5) is 14.4 Å². The molecule has 0 aromatic carbocycles. The average molecular weight is 278 g/mol. The van der Waals surface area contributed by atoms with Crippen molar-refractivity contribution >= 4 is 18.5 Å². The third-order valence-electron chi connectivity index (χ3n) is 0.341. The van der Waals surface area contributed by atoms with E-state index in [0.717, 1.165) is 0 Å². The zero-order chi connectivity index (χ0) is 8.15. The van der Waals surface area contributed by atoms with Gasteiger partial charge in [-0.2, -0.15) is 0 Å². The molecule has 0 aliphatic carbocycles. The zero-order valence-corrected chi connectivity index (χ0v) is 18.7. The Labute approximate surface area is 214 Å². The second-order valence-corrected chi connectivity index (χ2v) is 0.986. The molecule has 0 amide bonds. The minimum absolute atomic E-state index is 0. The Morgan fingerprint density at radius 2 is 1.07 bits per heavy atom. The van der Waals surface area contributed by atoms with Gasteiger partial charge in [0.05, 0.1) is 0 Å². The van der Waals surface area contributed by atoms with E-state index in [9.17, 15) is 14.4 Å². The molecule has 0 aromatic heterocycles. The molecule has 0 spiro atoms. The molecule has 2 N–H and O–H groups in total. The predicted octanol–water partition coefficient (Wildman–Crippen LogP) is -11.0. The van der Waals surface area contributed by atoms with Crippen molar-refractivity contribution in [2.75, 3.05) is 0 Å². The van der Waals surface area contributed by atoms with Crippen molar-refractivity contribution in [3.8, 4) is 0 Å². The summed E-state index contributed by atoms with van der Waals surface area (Å²) >= 11 is 0. The van der Waals surface area contributed by atoms with E-state index >= 15 is 0 Å². The van der Waals surface area contributed by atoms with Crippen LogP contribution in [0.2, 0.25) is 0 Å². The van der Waals surface area contributed by atoms with Crippen LogP contribution in [0.3, 0.4) is 0 Å². The fourth-order valence-electron chi connectivity index (χ4n) is 0.163. The van der Waals surface area contributed by atoms with Gasteiger partial charge >= 0.3 is 180 Å². The molecule has 0 fully saturated rings. The fourth-order valence-corrected chi connectivity index (χ4v) is 0.163. The molecular formula is C3H6K2Na2O7. The summed E-state index contributed by atoms with van der Waals surface area (Å²) in [6.07, 6.45) is -5.64. The van der Waals surface area contributed by atoms with Gasteiger partial charge < -0.3 is 25.4 Å². The van der Waals surface area contributed by atoms with Crippen LogP contribution in [0.5, 0.6) is 0 Å². The van der Waals surface area contributed by atoms with E-state index in [4.69, 9.17) is 10.2 Å². The van der Waals surface area contributed by atoms with Gasteiger partial charge in [-0.15, -0.1) is 0 Å². The molecule has 0 saturated heterocycles. The molecular weight excluding hydrogens is 272 g/mol. The Bertz CT molecular complexity index is 182. The van der Waals surface area contributed by atoms with Crippen LogP contribution in [0.1, 0.15) is 5.71 Å². The standard InChI is InChI=1S/C3H2O7.2K.2Na.4H/c4-1(5)9-3(8)10-2(6)7;;;;;;;;/h(H,4,5)(H,6,7);;;;;;;;/q;4*+1;4*-1. The molecule has 0 bridgehead atoms. The Morgan fingerprint density at radius 3 is 1.21 bits per heavy atom. The van der Waals surface area contributed by atoms with Crippen molar-refractivity contribution in [1.82, 2.24) is 0 Å². The third-order valence-corrected chi connectivity index (χ3v) is 0.341. The fraction of sp³-hybridized carbons (Fsp3) is 0. The summed E-state index contributed by atoms with van der Waals surface area (Å²) in [6.45, 7) is 0. The normalized spacial score (nSPS) is 5.71. The zero-order valence-electron chi connectivity index (χ0n) is 12.4. The van der Waals surface area contributed by atoms with E-state index in [2.05, 4.69) is 9.47 Å². The van der Waals surface area contributed by atoms with Crippen LogP contribution in [0.25, 0.3) is 0 Å². The topological polar surface area (TPSA) is 110 Å². The second kappa shape index (κ2) is 18.8. The molecule has 0 aromatic rings. The smallest absolute Gasteiger partial charge is 1.00 e. The van der Waals surface area contributed by atoms with E-state index in [1.165, 1.54) is 0 Å². The molecule has 11 heteroatoms. The summed E-state index contributed by atoms with van der Waals surface area (Å²) in [6, 6.07) is 0. The van der Waals surface area contributed by atoms with Gasteiger partial charge in [0.15, 0.2) is 0 Å². The summed E-state index contributed by atoms with van der Waals surface area (Å²) in [7, 11) is 0. The maximum atomic E-state index is 9.86. The Morgan fingerprint density at radius 1 is 0.857 bits per heavy atom. The molecule has 0 aliphatic heterocycles. The Kier molecular flexibility index (Phi) is 41.0. The molecule has 0 aliphatic rings. The Balaban J connectivity index is -0.0000000145. The number of carbonyl (C=O) groups is 3. The summed E-state index contributed by atoms with van der Waals surface area (Å²) in [5.74, 6) is 0. The van der Waals surface area contributed by atoms with Crippen molar-refractivity contribution in [3.05, 3.63) is 0 Å². The van der Waals surface area contributed by atoms with Crippen molar-refractivity contribution in [3.63, 3.8) is 0 Å². The second-order valence-electron chi connectivity index (χ2n) is 0.986. The molecule has 14 heavy (non-hydrogen) atoms. The van der Waals surface area contributed by atoms with Gasteiger partial charge in [-0.05, 0) is 0 Å². The van der Waals surface area contributed by atoms with Crippen molar-refractivity contribution in [1.29, 1.82) is 0 Å². The first-order valence-corrected chi connectivity index (χ1v) is 1.88. The van der Waals surface area contributed by atoms with Gasteiger partial charge in [-0.25, -0.2) is 14.4 Å². The van der Waals surface area contributed by atoms with E-state index < -0.39 is 18.5 Å². The summed E-state index contributed by atoms with van der Waals surface area (Å²) < 4.78 is 6.47. The van der Waals surface area contributed by atoms with Crippen LogP contribution in [0.15, 0.2) is 0 Å². The van der Waals surface area contributed by atoms with E-state index in [1.54, 1.807) is 0 Å². The SMILES string of the molecule is O=C(O)OC(=O)OC(=O)O.[H-].[H-].[H-].[H-].[K+].[K+].[Na+].[Na+]. The minimum Gasteiger partial charge on any atom is -1.00 e. The number of carbonyl (C=O) groups excluding carboxylic acids is 1. The summed E-state index contributed by atoms with van der Waals surface area (Å²) in [5, 5.41) is 15.4. The van der Waals surface area contributed by atoms with Crippen LogP contribution in [-0.2, 0) is 9.47 Å². The molecule has 0 saturated carbocycles. The largest absolute Gasteiger partial charge is 1.00 e. The molecule has 0 radical (unpaired) electrons.